The van der Waals surface area contributed by atoms with E-state index in [1.54, 1.807) is 24.3 Å². The van der Waals surface area contributed by atoms with Crippen LogP contribution >= 0.6 is 0 Å². The van der Waals surface area contributed by atoms with Crippen molar-refractivity contribution in [2.24, 2.45) is 0 Å². The zero-order valence-corrected chi connectivity index (χ0v) is 12.3. The summed E-state index contributed by atoms with van der Waals surface area (Å²) in [6.45, 7) is 1.28. The fourth-order valence-corrected chi connectivity index (χ4v) is 2.23. The van der Waals surface area contributed by atoms with Crippen molar-refractivity contribution in [3.8, 4) is 5.75 Å². The monoisotopic (exact) mass is 312 g/mol. The first-order valence-corrected chi connectivity index (χ1v) is 6.96. The largest absolute Gasteiger partial charge is 0.486 e. The fraction of sp³-hybridized carbons (Fsp3) is 0.118. The first-order chi connectivity index (χ1) is 11.0. The van der Waals surface area contributed by atoms with Gasteiger partial charge in [-0.25, -0.2) is 9.37 Å². The summed E-state index contributed by atoms with van der Waals surface area (Å²) in [5, 5.41) is 0.494. The van der Waals surface area contributed by atoms with Crippen molar-refractivity contribution in [2.75, 3.05) is 0 Å². The number of para-hydroxylation sites is 1. The molecular formula is C17H13FN2O3. The van der Waals surface area contributed by atoms with Crippen LogP contribution in [0.15, 0.2) is 47.3 Å². The van der Waals surface area contributed by atoms with Crippen molar-refractivity contribution in [2.45, 2.75) is 13.5 Å². The molecule has 3 aromatic rings. The van der Waals surface area contributed by atoms with Gasteiger partial charge in [0.2, 0.25) is 0 Å². The SMILES string of the molecule is CC(=O)c1ccc(OCc2nc3ccccc3c(=O)[nH]2)cc1F. The molecule has 0 bridgehead atoms. The lowest BCUT2D eigenvalue weighted by atomic mass is 10.1. The molecule has 2 aromatic carbocycles. The van der Waals surface area contributed by atoms with Gasteiger partial charge in [-0.15, -0.1) is 0 Å². The minimum atomic E-state index is -0.644. The van der Waals surface area contributed by atoms with Crippen molar-refractivity contribution in [3.05, 3.63) is 70.0 Å². The second-order valence-electron chi connectivity index (χ2n) is 5.02. The van der Waals surface area contributed by atoms with Gasteiger partial charge in [-0.1, -0.05) is 12.1 Å². The number of H-pyrrole nitrogens is 1. The number of aromatic nitrogens is 2. The first-order valence-electron chi connectivity index (χ1n) is 6.96. The van der Waals surface area contributed by atoms with Gasteiger partial charge in [-0.3, -0.25) is 9.59 Å². The van der Waals surface area contributed by atoms with Crippen LogP contribution < -0.4 is 10.3 Å². The van der Waals surface area contributed by atoms with Crippen LogP contribution in [0.2, 0.25) is 0 Å². The average Bonchev–Trinajstić information content (AvgIpc) is 2.53. The van der Waals surface area contributed by atoms with Crippen molar-refractivity contribution in [1.29, 1.82) is 0 Å². The van der Waals surface area contributed by atoms with Crippen molar-refractivity contribution in [3.63, 3.8) is 0 Å². The lowest BCUT2D eigenvalue weighted by Crippen LogP contribution is -2.13. The fourth-order valence-electron chi connectivity index (χ4n) is 2.23. The molecule has 0 aliphatic heterocycles. The minimum absolute atomic E-state index is 0.00888. The number of hydrogen-bond donors (Lipinski definition) is 1. The van der Waals surface area contributed by atoms with Gasteiger partial charge < -0.3 is 9.72 Å². The van der Waals surface area contributed by atoms with Gasteiger partial charge in [-0.05, 0) is 31.2 Å². The highest BCUT2D eigenvalue weighted by atomic mass is 19.1. The van der Waals surface area contributed by atoms with E-state index in [9.17, 15) is 14.0 Å². The molecule has 0 aliphatic rings. The second-order valence-corrected chi connectivity index (χ2v) is 5.02. The number of hydrogen-bond acceptors (Lipinski definition) is 4. The third-order valence-corrected chi connectivity index (χ3v) is 3.36. The number of ketones is 1. The Kier molecular flexibility index (Phi) is 3.89. The van der Waals surface area contributed by atoms with E-state index in [4.69, 9.17) is 4.74 Å². The van der Waals surface area contributed by atoms with E-state index >= 15 is 0 Å². The van der Waals surface area contributed by atoms with Gasteiger partial charge in [-0.2, -0.15) is 0 Å². The smallest absolute Gasteiger partial charge is 0.258 e. The first kappa shape index (κ1) is 14.9. The molecule has 0 atom stereocenters. The maximum absolute atomic E-state index is 13.7. The average molecular weight is 312 g/mol. The maximum Gasteiger partial charge on any atom is 0.258 e. The van der Waals surface area contributed by atoms with E-state index < -0.39 is 5.82 Å². The molecule has 23 heavy (non-hydrogen) atoms. The molecule has 0 aliphatic carbocycles. The highest BCUT2D eigenvalue weighted by molar-refractivity contribution is 5.94. The van der Waals surface area contributed by atoms with Crippen LogP contribution in [0.25, 0.3) is 10.9 Å². The number of rotatable bonds is 4. The van der Waals surface area contributed by atoms with Crippen LogP contribution in [0.1, 0.15) is 23.1 Å². The lowest BCUT2D eigenvalue weighted by Gasteiger charge is -2.07. The van der Waals surface area contributed by atoms with E-state index in [1.807, 2.05) is 0 Å². The van der Waals surface area contributed by atoms with Crippen LogP contribution in [-0.2, 0) is 6.61 Å². The molecular weight excluding hydrogens is 299 g/mol. The van der Waals surface area contributed by atoms with Crippen molar-refractivity contribution in [1.82, 2.24) is 9.97 Å². The highest BCUT2D eigenvalue weighted by Gasteiger charge is 2.09. The molecule has 116 valence electrons. The Labute approximate surface area is 130 Å². The van der Waals surface area contributed by atoms with Gasteiger partial charge in [0, 0.05) is 6.07 Å². The summed E-state index contributed by atoms with van der Waals surface area (Å²) < 4.78 is 19.2. The topological polar surface area (TPSA) is 72.0 Å². The van der Waals surface area contributed by atoms with Gasteiger partial charge in [0.25, 0.3) is 5.56 Å². The summed E-state index contributed by atoms with van der Waals surface area (Å²) in [5.41, 5.74) is 0.315. The lowest BCUT2D eigenvalue weighted by molar-refractivity contribution is 0.101. The molecule has 0 unspecified atom stereocenters. The van der Waals surface area contributed by atoms with E-state index in [0.717, 1.165) is 6.07 Å². The zero-order valence-electron chi connectivity index (χ0n) is 12.3. The molecule has 0 spiro atoms. The third-order valence-electron chi connectivity index (χ3n) is 3.36. The molecule has 1 heterocycles. The summed E-state index contributed by atoms with van der Waals surface area (Å²) in [5.74, 6) is -0.405. The van der Waals surface area contributed by atoms with Gasteiger partial charge in [0.15, 0.2) is 5.78 Å². The Hall–Kier alpha value is -3.02. The van der Waals surface area contributed by atoms with Crippen LogP contribution in [0.3, 0.4) is 0 Å². The summed E-state index contributed by atoms with van der Waals surface area (Å²) in [6, 6.07) is 11.0. The molecule has 1 N–H and O–H groups in total. The quantitative estimate of drug-likeness (QED) is 0.752. The van der Waals surface area contributed by atoms with Crippen LogP contribution in [0.5, 0.6) is 5.75 Å². The van der Waals surface area contributed by atoms with E-state index in [0.29, 0.717) is 16.7 Å². The Morgan fingerprint density at radius 1 is 1.26 bits per heavy atom. The van der Waals surface area contributed by atoms with E-state index in [-0.39, 0.29) is 29.3 Å². The Morgan fingerprint density at radius 3 is 2.78 bits per heavy atom. The molecule has 1 aromatic heterocycles. The maximum atomic E-state index is 13.7. The number of halogens is 1. The predicted octanol–water partition coefficient (Wildman–Crippen LogP) is 2.84. The number of Topliss-reactive ketones (excluding diaryl/α,β-unsaturated/α-hetero) is 1. The van der Waals surface area contributed by atoms with E-state index in [1.165, 1.54) is 19.1 Å². The van der Waals surface area contributed by atoms with Crippen LogP contribution in [0, 0.1) is 5.82 Å². The van der Waals surface area contributed by atoms with E-state index in [2.05, 4.69) is 9.97 Å². The highest BCUT2D eigenvalue weighted by Crippen LogP contribution is 2.18. The molecule has 5 nitrogen and oxygen atoms in total. The van der Waals surface area contributed by atoms with Crippen LogP contribution in [-0.4, -0.2) is 15.8 Å². The Morgan fingerprint density at radius 2 is 2.04 bits per heavy atom. The normalized spacial score (nSPS) is 10.7. The Bertz CT molecular complexity index is 950. The molecule has 0 radical (unpaired) electrons. The van der Waals surface area contributed by atoms with Gasteiger partial charge in [0.05, 0.1) is 16.5 Å². The Balaban J connectivity index is 1.82. The number of benzene rings is 2. The molecule has 3 rings (SSSR count). The molecule has 0 amide bonds. The molecule has 6 heteroatoms. The standard InChI is InChI=1S/C17H13FN2O3/c1-10(21)12-7-6-11(8-14(12)18)23-9-16-19-15-5-3-2-4-13(15)17(22)20-16/h2-8H,9H2,1H3,(H,19,20,22). The summed E-state index contributed by atoms with van der Waals surface area (Å²) in [7, 11) is 0. The molecule has 0 saturated carbocycles. The third kappa shape index (κ3) is 3.11. The number of nitrogens with one attached hydrogen (secondary N) is 1. The number of fused-ring (bicyclic) bond motifs is 1. The zero-order chi connectivity index (χ0) is 16.4. The second kappa shape index (κ2) is 6.00. The van der Waals surface area contributed by atoms with Crippen molar-refractivity contribution >= 4 is 16.7 Å². The summed E-state index contributed by atoms with van der Waals surface area (Å²) in [4.78, 5) is 30.0. The minimum Gasteiger partial charge on any atom is -0.486 e. The van der Waals surface area contributed by atoms with Crippen molar-refractivity contribution < 1.29 is 13.9 Å². The number of carbonyl (C=O) groups excluding carboxylic acids is 1. The molecule has 0 fully saturated rings. The number of ether oxygens (including phenoxy) is 1. The number of aromatic amines is 1. The van der Waals surface area contributed by atoms with Gasteiger partial charge >= 0.3 is 0 Å². The number of carbonyl (C=O) groups is 1. The van der Waals surface area contributed by atoms with Crippen LogP contribution in [0.4, 0.5) is 4.39 Å². The molecule has 0 saturated heterocycles. The predicted molar refractivity (Wildman–Crippen MR) is 83.1 cm³/mol. The summed E-state index contributed by atoms with van der Waals surface area (Å²) >= 11 is 0. The summed E-state index contributed by atoms with van der Waals surface area (Å²) in [6.07, 6.45) is 0. The number of nitrogens with zero attached hydrogens (tertiary/aromatic N) is 1. The van der Waals surface area contributed by atoms with Gasteiger partial charge in [0.1, 0.15) is 24.0 Å².